The van der Waals surface area contributed by atoms with Gasteiger partial charge in [-0.25, -0.2) is 9.59 Å². The van der Waals surface area contributed by atoms with Gasteiger partial charge in [0, 0.05) is 0 Å². The van der Waals surface area contributed by atoms with Gasteiger partial charge in [-0.3, -0.25) is 14.4 Å². The van der Waals surface area contributed by atoms with Crippen LogP contribution >= 0.6 is 46.4 Å². The maximum absolute atomic E-state index is 12.0. The number of carbonyl (C=O) groups is 5. The molecule has 0 amide bonds. The molecule has 2 aromatic rings. The zero-order chi connectivity index (χ0) is 26.7. The van der Waals surface area contributed by atoms with Gasteiger partial charge in [-0.2, -0.15) is 0 Å². The molecular weight excluding hydrogens is 552 g/mol. The van der Waals surface area contributed by atoms with Gasteiger partial charge >= 0.3 is 23.9 Å². The van der Waals surface area contributed by atoms with Gasteiger partial charge in [-0.05, 0) is 24.3 Å². The second kappa shape index (κ2) is 14.5. The minimum atomic E-state index is -1.29. The van der Waals surface area contributed by atoms with Crippen molar-refractivity contribution in [1.82, 2.24) is 0 Å². The average Bonchev–Trinajstić information content (AvgIpc) is 2.76. The van der Waals surface area contributed by atoms with Crippen molar-refractivity contribution in [1.29, 1.82) is 0 Å². The molecule has 0 fully saturated rings. The fraction of sp³-hybridized carbons (Fsp3) is 0.190. The topological polar surface area (TPSA) is 170 Å². The van der Waals surface area contributed by atoms with E-state index < -0.39 is 55.3 Å². The third kappa shape index (κ3) is 10.1. The van der Waals surface area contributed by atoms with E-state index in [2.05, 4.69) is 0 Å². The molecule has 0 aliphatic rings. The first-order valence-electron chi connectivity index (χ1n) is 9.29. The molecule has 2 aromatic carbocycles. The fourth-order valence-corrected chi connectivity index (χ4v) is 3.24. The number of carboxylic acids is 2. The largest absolute Gasteiger partial charge is 0.481 e. The summed E-state index contributed by atoms with van der Waals surface area (Å²) in [7, 11) is 0. The molecule has 0 aliphatic heterocycles. The van der Waals surface area contributed by atoms with Crippen LogP contribution < -0.4 is 5.73 Å². The summed E-state index contributed by atoms with van der Waals surface area (Å²) in [5.74, 6) is -4.88. The van der Waals surface area contributed by atoms with Gasteiger partial charge in [0.15, 0.2) is 13.2 Å². The Kier molecular flexibility index (Phi) is 12.5. The number of ketones is 1. The van der Waals surface area contributed by atoms with E-state index >= 15 is 0 Å². The predicted octanol–water partition coefficient (Wildman–Crippen LogP) is 3.76. The average molecular weight is 569 g/mol. The molecule has 2 rings (SSSR count). The molecule has 10 nitrogen and oxygen atoms in total. The predicted molar refractivity (Wildman–Crippen MR) is 126 cm³/mol. The lowest BCUT2D eigenvalue weighted by molar-refractivity contribution is -0.144. The Hall–Kier alpha value is -2.89. The van der Waals surface area contributed by atoms with Crippen molar-refractivity contribution in [3.05, 3.63) is 67.6 Å². The number of hydrogen-bond donors (Lipinski definition) is 3. The van der Waals surface area contributed by atoms with Gasteiger partial charge in [0.2, 0.25) is 5.78 Å². The molecule has 1 atom stereocenters. The summed E-state index contributed by atoms with van der Waals surface area (Å²) in [6.07, 6.45) is -0.532. The molecule has 35 heavy (non-hydrogen) atoms. The number of benzene rings is 2. The molecule has 0 spiro atoms. The van der Waals surface area contributed by atoms with Crippen LogP contribution in [0, 0.1) is 0 Å². The second-order valence-electron chi connectivity index (χ2n) is 6.43. The number of aliphatic carboxylic acids is 2. The second-order valence-corrected chi connectivity index (χ2v) is 8.06. The van der Waals surface area contributed by atoms with Crippen LogP contribution in [0.25, 0.3) is 0 Å². The normalized spacial score (nSPS) is 10.9. The maximum atomic E-state index is 12.0. The highest BCUT2D eigenvalue weighted by Crippen LogP contribution is 2.26. The van der Waals surface area contributed by atoms with E-state index in [0.29, 0.717) is 0 Å². The van der Waals surface area contributed by atoms with E-state index in [1.807, 2.05) is 0 Å². The number of nitrogens with two attached hydrogens (primary N) is 1. The van der Waals surface area contributed by atoms with Crippen LogP contribution in [-0.4, -0.2) is 59.1 Å². The Balaban J connectivity index is 0.000000579. The molecule has 0 aromatic heterocycles. The molecule has 0 aliphatic carbocycles. The lowest BCUT2D eigenvalue weighted by atomic mass is 10.2. The number of halogens is 4. The number of rotatable bonds is 9. The SMILES string of the molecule is NC(CC(=O)O)C(=O)O.O=C(COC(=O)c1c(Cl)cccc1Cl)COC(=O)c1c(Cl)cccc1Cl. The molecule has 0 bridgehead atoms. The van der Waals surface area contributed by atoms with Crippen molar-refractivity contribution in [2.75, 3.05) is 13.2 Å². The summed E-state index contributed by atoms with van der Waals surface area (Å²) in [5, 5.41) is 16.4. The van der Waals surface area contributed by atoms with Crippen LogP contribution in [-0.2, 0) is 23.9 Å². The minimum absolute atomic E-state index is 0.0523. The number of esters is 2. The molecule has 4 N–H and O–H groups in total. The highest BCUT2D eigenvalue weighted by molar-refractivity contribution is 6.40. The van der Waals surface area contributed by atoms with Crippen molar-refractivity contribution < 1.29 is 43.7 Å². The zero-order valence-electron chi connectivity index (χ0n) is 17.5. The summed E-state index contributed by atoms with van der Waals surface area (Å²) < 4.78 is 9.67. The van der Waals surface area contributed by atoms with Gasteiger partial charge < -0.3 is 25.4 Å². The summed E-state index contributed by atoms with van der Waals surface area (Å²) in [6.45, 7) is -1.24. The highest BCUT2D eigenvalue weighted by Gasteiger charge is 2.20. The van der Waals surface area contributed by atoms with E-state index in [0.717, 1.165) is 0 Å². The Morgan fingerprint density at radius 3 is 1.34 bits per heavy atom. The number of carboxylic acid groups (broad SMARTS) is 2. The lowest BCUT2D eigenvalue weighted by Gasteiger charge is -2.09. The van der Waals surface area contributed by atoms with Crippen LogP contribution in [0.15, 0.2) is 36.4 Å². The van der Waals surface area contributed by atoms with Crippen molar-refractivity contribution in [3.63, 3.8) is 0 Å². The number of carbonyl (C=O) groups excluding carboxylic acids is 3. The first-order valence-corrected chi connectivity index (χ1v) is 10.8. The Morgan fingerprint density at radius 1 is 0.743 bits per heavy atom. The fourth-order valence-electron chi connectivity index (χ4n) is 2.14. The van der Waals surface area contributed by atoms with Gasteiger partial charge in [-0.15, -0.1) is 0 Å². The van der Waals surface area contributed by atoms with Crippen molar-refractivity contribution in [3.8, 4) is 0 Å². The molecule has 0 radical (unpaired) electrons. The van der Waals surface area contributed by atoms with Crippen molar-refractivity contribution >= 4 is 76.1 Å². The first kappa shape index (κ1) is 30.1. The molecular formula is C21H17Cl4NO9. The monoisotopic (exact) mass is 567 g/mol. The standard InChI is InChI=1S/C17H10Cl4O5.C4H7NO4/c18-10-3-1-4-11(19)14(10)16(23)25-7-9(22)8-26-17(24)15-12(20)5-2-6-13(15)21;5-2(4(8)9)1-3(6)7/h1-6H,7-8H2;2H,1,5H2,(H,6,7)(H,8,9). The summed E-state index contributed by atoms with van der Waals surface area (Å²) in [6, 6.07) is 7.67. The van der Waals surface area contributed by atoms with Gasteiger partial charge in [-0.1, -0.05) is 58.5 Å². The Morgan fingerprint density at radius 2 is 1.09 bits per heavy atom. The van der Waals surface area contributed by atoms with Crippen LogP contribution in [0.5, 0.6) is 0 Å². The lowest BCUT2D eigenvalue weighted by Crippen LogP contribution is -2.32. The van der Waals surface area contributed by atoms with Crippen LogP contribution in [0.2, 0.25) is 20.1 Å². The van der Waals surface area contributed by atoms with Crippen LogP contribution in [0.1, 0.15) is 27.1 Å². The van der Waals surface area contributed by atoms with E-state index in [-0.39, 0.29) is 31.2 Å². The molecule has 0 saturated heterocycles. The Labute approximate surface area is 218 Å². The smallest absolute Gasteiger partial charge is 0.341 e. The third-order valence-electron chi connectivity index (χ3n) is 3.77. The van der Waals surface area contributed by atoms with Crippen LogP contribution in [0.4, 0.5) is 0 Å². The number of ether oxygens (including phenoxy) is 2. The number of hydrogen-bond acceptors (Lipinski definition) is 8. The molecule has 1 unspecified atom stereocenters. The summed E-state index contributed by atoms with van der Waals surface area (Å²) in [5.41, 5.74) is 4.73. The van der Waals surface area contributed by atoms with Gasteiger partial charge in [0.1, 0.15) is 6.04 Å². The minimum Gasteiger partial charge on any atom is -0.481 e. The summed E-state index contributed by atoms with van der Waals surface area (Å²) >= 11 is 23.5. The van der Waals surface area contributed by atoms with E-state index in [4.69, 9.17) is 71.8 Å². The Bertz CT molecular complexity index is 1010. The number of Topliss-reactive ketones (excluding diaryl/α,β-unsaturated/α-hetero) is 1. The third-order valence-corrected chi connectivity index (χ3v) is 5.03. The maximum Gasteiger partial charge on any atom is 0.341 e. The van der Waals surface area contributed by atoms with Gasteiger partial charge in [0.25, 0.3) is 0 Å². The quantitative estimate of drug-likeness (QED) is 0.378. The van der Waals surface area contributed by atoms with Crippen LogP contribution in [0.3, 0.4) is 0 Å². The van der Waals surface area contributed by atoms with Gasteiger partial charge in [0.05, 0.1) is 37.6 Å². The zero-order valence-corrected chi connectivity index (χ0v) is 20.5. The molecule has 188 valence electrons. The molecule has 0 heterocycles. The van der Waals surface area contributed by atoms with E-state index in [1.54, 1.807) is 12.1 Å². The van der Waals surface area contributed by atoms with E-state index in [1.165, 1.54) is 24.3 Å². The molecule has 0 saturated carbocycles. The van der Waals surface area contributed by atoms with Crippen molar-refractivity contribution in [2.45, 2.75) is 12.5 Å². The highest BCUT2D eigenvalue weighted by atomic mass is 35.5. The molecule has 14 heteroatoms. The van der Waals surface area contributed by atoms with E-state index in [9.17, 15) is 24.0 Å². The van der Waals surface area contributed by atoms with Crippen molar-refractivity contribution in [2.24, 2.45) is 5.73 Å². The summed E-state index contributed by atoms with van der Waals surface area (Å²) in [4.78, 5) is 55.3. The first-order chi connectivity index (χ1) is 16.3.